The van der Waals surface area contributed by atoms with Gasteiger partial charge in [0.15, 0.2) is 0 Å². The van der Waals surface area contributed by atoms with Crippen LogP contribution in [-0.2, 0) is 5.41 Å². The normalized spacial score (nSPS) is 35.5. The molecule has 86 valence electrons. The molecule has 3 aliphatic carbocycles. The summed E-state index contributed by atoms with van der Waals surface area (Å²) in [5, 5.41) is 0. The molecule has 0 radical (unpaired) electrons. The molecule has 16 heavy (non-hydrogen) atoms. The van der Waals surface area contributed by atoms with Gasteiger partial charge in [0.05, 0.1) is 0 Å². The first kappa shape index (κ1) is 10.3. The Morgan fingerprint density at radius 2 is 1.56 bits per heavy atom. The summed E-state index contributed by atoms with van der Waals surface area (Å²) in [6.07, 6.45) is 4.00. The van der Waals surface area contributed by atoms with Crippen molar-refractivity contribution in [2.75, 3.05) is 6.54 Å². The van der Waals surface area contributed by atoms with Crippen LogP contribution in [0.3, 0.4) is 0 Å². The standard InChI is InChI=1S/C15H21N/c1-10-4-11(2)13(12(3)5-10)15-6-14(7-15,8-15)9-16/h4-5H,6-9,16H2,1-3H3. The largest absolute Gasteiger partial charge is 0.330 e. The fraction of sp³-hybridized carbons (Fsp3) is 0.600. The lowest BCUT2D eigenvalue weighted by molar-refractivity contribution is -0.133. The predicted molar refractivity (Wildman–Crippen MR) is 67.7 cm³/mol. The van der Waals surface area contributed by atoms with Gasteiger partial charge >= 0.3 is 0 Å². The van der Waals surface area contributed by atoms with Gasteiger partial charge in [-0.3, -0.25) is 0 Å². The maximum atomic E-state index is 5.84. The second-order valence-corrected chi connectivity index (χ2v) is 6.29. The molecule has 1 nitrogen and oxygen atoms in total. The summed E-state index contributed by atoms with van der Waals surface area (Å²) in [4.78, 5) is 0. The topological polar surface area (TPSA) is 26.0 Å². The molecular weight excluding hydrogens is 194 g/mol. The Balaban J connectivity index is 1.98. The van der Waals surface area contributed by atoms with Crippen molar-refractivity contribution in [3.63, 3.8) is 0 Å². The molecule has 1 heteroatoms. The van der Waals surface area contributed by atoms with Crippen molar-refractivity contribution in [2.45, 2.75) is 45.4 Å². The van der Waals surface area contributed by atoms with Gasteiger partial charge in [0.2, 0.25) is 0 Å². The van der Waals surface area contributed by atoms with E-state index in [1.54, 1.807) is 5.56 Å². The lowest BCUT2D eigenvalue weighted by Gasteiger charge is -2.71. The van der Waals surface area contributed by atoms with Crippen LogP contribution in [0.5, 0.6) is 0 Å². The predicted octanol–water partition coefficient (Wildman–Crippen LogP) is 2.99. The molecule has 0 atom stereocenters. The molecule has 0 spiro atoms. The Bertz CT molecular complexity index is 416. The highest BCUT2D eigenvalue weighted by molar-refractivity contribution is 5.49. The summed E-state index contributed by atoms with van der Waals surface area (Å²) < 4.78 is 0. The van der Waals surface area contributed by atoms with Crippen LogP contribution in [0.4, 0.5) is 0 Å². The number of hydrogen-bond donors (Lipinski definition) is 1. The first-order valence-electron chi connectivity index (χ1n) is 6.29. The van der Waals surface area contributed by atoms with E-state index in [4.69, 9.17) is 5.73 Å². The zero-order valence-corrected chi connectivity index (χ0v) is 10.6. The third-order valence-electron chi connectivity index (χ3n) is 4.78. The Morgan fingerprint density at radius 1 is 1.06 bits per heavy atom. The van der Waals surface area contributed by atoms with Gasteiger partial charge in [0.25, 0.3) is 0 Å². The van der Waals surface area contributed by atoms with Gasteiger partial charge in [0.1, 0.15) is 0 Å². The molecular formula is C15H21N. The van der Waals surface area contributed by atoms with E-state index in [-0.39, 0.29) is 0 Å². The minimum Gasteiger partial charge on any atom is -0.330 e. The van der Waals surface area contributed by atoms with Gasteiger partial charge in [0, 0.05) is 0 Å². The van der Waals surface area contributed by atoms with E-state index in [1.807, 2.05) is 0 Å². The highest BCUT2D eigenvalue weighted by Crippen LogP contribution is 2.73. The summed E-state index contributed by atoms with van der Waals surface area (Å²) in [5.41, 5.74) is 12.9. The quantitative estimate of drug-likeness (QED) is 0.806. The van der Waals surface area contributed by atoms with Crippen molar-refractivity contribution in [1.29, 1.82) is 0 Å². The van der Waals surface area contributed by atoms with Crippen molar-refractivity contribution in [3.05, 3.63) is 34.4 Å². The molecule has 0 saturated heterocycles. The Morgan fingerprint density at radius 3 is 2.00 bits per heavy atom. The maximum absolute atomic E-state index is 5.84. The van der Waals surface area contributed by atoms with Gasteiger partial charge in [-0.2, -0.15) is 0 Å². The second-order valence-electron chi connectivity index (χ2n) is 6.29. The van der Waals surface area contributed by atoms with Crippen LogP contribution < -0.4 is 5.73 Å². The Labute approximate surface area is 98.0 Å². The number of aryl methyl sites for hydroxylation is 3. The van der Waals surface area contributed by atoms with Crippen LogP contribution in [0.2, 0.25) is 0 Å². The van der Waals surface area contributed by atoms with Gasteiger partial charge in [-0.1, -0.05) is 17.7 Å². The molecule has 0 unspecified atom stereocenters. The SMILES string of the molecule is Cc1cc(C)c(C23CC(CN)(C2)C3)c(C)c1. The summed E-state index contributed by atoms with van der Waals surface area (Å²) in [6.45, 7) is 7.61. The van der Waals surface area contributed by atoms with Crippen LogP contribution in [0.1, 0.15) is 41.5 Å². The van der Waals surface area contributed by atoms with E-state index in [0.29, 0.717) is 10.8 Å². The zero-order valence-electron chi connectivity index (χ0n) is 10.6. The number of hydrogen-bond acceptors (Lipinski definition) is 1. The average Bonchev–Trinajstić information content (AvgIpc) is 2.05. The first-order valence-corrected chi connectivity index (χ1v) is 6.29. The smallest absolute Gasteiger partial charge is 0.00196 e. The van der Waals surface area contributed by atoms with Crippen LogP contribution >= 0.6 is 0 Å². The summed E-state index contributed by atoms with van der Waals surface area (Å²) in [6, 6.07) is 4.66. The van der Waals surface area contributed by atoms with Crippen molar-refractivity contribution in [3.8, 4) is 0 Å². The maximum Gasteiger partial charge on any atom is -0.00196 e. The Kier molecular flexibility index (Phi) is 1.87. The monoisotopic (exact) mass is 215 g/mol. The number of rotatable bonds is 2. The van der Waals surface area contributed by atoms with Crippen molar-refractivity contribution in [1.82, 2.24) is 0 Å². The summed E-state index contributed by atoms with van der Waals surface area (Å²) >= 11 is 0. The van der Waals surface area contributed by atoms with E-state index >= 15 is 0 Å². The molecule has 0 aromatic heterocycles. The van der Waals surface area contributed by atoms with Crippen molar-refractivity contribution in [2.24, 2.45) is 11.1 Å². The fourth-order valence-corrected chi connectivity index (χ4v) is 4.50. The molecule has 1 aromatic rings. The minimum absolute atomic E-state index is 0.515. The molecule has 3 aliphatic rings. The summed E-state index contributed by atoms with van der Waals surface area (Å²) in [7, 11) is 0. The van der Waals surface area contributed by atoms with Crippen molar-refractivity contribution >= 4 is 0 Å². The van der Waals surface area contributed by atoms with Crippen molar-refractivity contribution < 1.29 is 0 Å². The molecule has 2 bridgehead atoms. The van der Waals surface area contributed by atoms with Gasteiger partial charge in [-0.05, 0) is 74.1 Å². The molecule has 1 aromatic carbocycles. The van der Waals surface area contributed by atoms with Gasteiger partial charge in [-0.15, -0.1) is 0 Å². The van der Waals surface area contributed by atoms with Crippen LogP contribution in [-0.4, -0.2) is 6.54 Å². The molecule has 3 fully saturated rings. The van der Waals surface area contributed by atoms with Crippen LogP contribution in [0.15, 0.2) is 12.1 Å². The van der Waals surface area contributed by atoms with E-state index in [9.17, 15) is 0 Å². The van der Waals surface area contributed by atoms with E-state index in [1.165, 1.54) is 36.0 Å². The van der Waals surface area contributed by atoms with E-state index < -0.39 is 0 Å². The molecule has 0 amide bonds. The van der Waals surface area contributed by atoms with Crippen LogP contribution in [0, 0.1) is 26.2 Å². The average molecular weight is 215 g/mol. The van der Waals surface area contributed by atoms with Gasteiger partial charge in [-0.25, -0.2) is 0 Å². The third kappa shape index (κ3) is 1.10. The number of benzene rings is 1. The zero-order chi connectivity index (χ0) is 11.6. The highest BCUT2D eigenvalue weighted by atomic mass is 14.8. The first-order chi connectivity index (χ1) is 7.50. The minimum atomic E-state index is 0.515. The third-order valence-corrected chi connectivity index (χ3v) is 4.78. The highest BCUT2D eigenvalue weighted by Gasteiger charge is 2.67. The molecule has 0 heterocycles. The fourth-order valence-electron chi connectivity index (χ4n) is 4.50. The lowest BCUT2D eigenvalue weighted by atomic mass is 9.33. The molecule has 4 rings (SSSR count). The Hall–Kier alpha value is -0.820. The molecule has 3 saturated carbocycles. The second kappa shape index (κ2) is 2.89. The molecule has 0 aliphatic heterocycles. The van der Waals surface area contributed by atoms with Gasteiger partial charge < -0.3 is 5.73 Å². The van der Waals surface area contributed by atoms with E-state index in [2.05, 4.69) is 32.9 Å². The lowest BCUT2D eigenvalue weighted by Crippen LogP contribution is -2.67. The summed E-state index contributed by atoms with van der Waals surface area (Å²) in [5.74, 6) is 0. The molecule has 2 N–H and O–H groups in total. The number of nitrogens with two attached hydrogens (primary N) is 1. The van der Waals surface area contributed by atoms with E-state index in [0.717, 1.165) is 6.54 Å². The van der Waals surface area contributed by atoms with Crippen LogP contribution in [0.25, 0.3) is 0 Å².